The molecule has 5 atom stereocenters. The molecule has 0 radical (unpaired) electrons. The van der Waals surface area contributed by atoms with Gasteiger partial charge in [-0.25, -0.2) is 24.0 Å². The van der Waals surface area contributed by atoms with E-state index in [1.165, 1.54) is 0 Å². The van der Waals surface area contributed by atoms with Gasteiger partial charge in [0.05, 0.1) is 27.8 Å². The Labute approximate surface area is 369 Å². The Kier molecular flexibility index (Phi) is 10.2. The molecule has 5 aromatic rings. The lowest BCUT2D eigenvalue weighted by molar-refractivity contribution is -0.154. The second-order valence-corrected chi connectivity index (χ2v) is 15.0. The highest BCUT2D eigenvalue weighted by Gasteiger charge is 2.54. The van der Waals surface area contributed by atoms with Gasteiger partial charge in [0.15, 0.2) is 76.2 Å². The number of aromatic hydroxyl groups is 14. The van der Waals surface area contributed by atoms with Gasteiger partial charge in [-0.05, 0) is 37.3 Å². The summed E-state index contributed by atoms with van der Waals surface area (Å²) in [6.07, 6.45) is -12.9. The zero-order valence-electron chi connectivity index (χ0n) is 33.3. The van der Waals surface area contributed by atoms with Crippen molar-refractivity contribution in [1.29, 1.82) is 0 Å². The van der Waals surface area contributed by atoms with Gasteiger partial charge in [-0.15, -0.1) is 0 Å². The Morgan fingerprint density at radius 1 is 0.478 bits per heavy atom. The number of carbonyl (C=O) groups excluding carboxylic acids is 5. The fraction of sp³-hybridized carbons (Fsp3) is 0.167. The van der Waals surface area contributed by atoms with Crippen molar-refractivity contribution in [3.05, 3.63) is 69.3 Å². The molecule has 67 heavy (non-hydrogen) atoms. The Morgan fingerprint density at radius 3 is 1.39 bits per heavy atom. The first kappa shape index (κ1) is 44.2. The lowest BCUT2D eigenvalue weighted by Gasteiger charge is -2.41. The maximum atomic E-state index is 14.6. The number of aliphatic hydroxyl groups is 1. The van der Waals surface area contributed by atoms with E-state index in [0.717, 1.165) is 6.92 Å². The van der Waals surface area contributed by atoms with E-state index in [2.05, 4.69) is 0 Å². The number of esters is 5. The van der Waals surface area contributed by atoms with E-state index in [4.69, 9.17) is 23.7 Å². The molecule has 4 aliphatic heterocycles. The molecule has 4 bridgehead atoms. The average molecular weight is 935 g/mol. The zero-order chi connectivity index (χ0) is 49.0. The first-order valence-corrected chi connectivity index (χ1v) is 18.8. The number of aliphatic hydroxyl groups excluding tert-OH is 1. The molecule has 0 saturated carbocycles. The first-order chi connectivity index (χ1) is 31.5. The highest BCUT2D eigenvalue weighted by atomic mass is 16.6. The van der Waals surface area contributed by atoms with Crippen molar-refractivity contribution >= 4 is 29.8 Å². The summed E-state index contributed by atoms with van der Waals surface area (Å²) in [5.74, 6) is -26.4. The Morgan fingerprint density at radius 2 is 0.896 bits per heavy atom. The number of rotatable bonds is 3. The fourth-order valence-electron chi connectivity index (χ4n) is 7.86. The monoisotopic (exact) mass is 934 g/mol. The summed E-state index contributed by atoms with van der Waals surface area (Å²) >= 11 is 0. The van der Waals surface area contributed by atoms with E-state index in [1.54, 1.807) is 0 Å². The second kappa shape index (κ2) is 15.4. The van der Waals surface area contributed by atoms with Crippen LogP contribution in [0.1, 0.15) is 69.0 Å². The molecular weight excluding hydrogens is 904 g/mol. The molecule has 5 unspecified atom stereocenters. The van der Waals surface area contributed by atoms with Gasteiger partial charge in [-0.1, -0.05) is 0 Å². The largest absolute Gasteiger partial charge is 0.507 e. The molecule has 0 amide bonds. The van der Waals surface area contributed by atoms with Crippen molar-refractivity contribution in [3.63, 3.8) is 0 Å². The minimum atomic E-state index is -2.73. The number of phenols is 14. The lowest BCUT2D eigenvalue weighted by Crippen LogP contribution is -2.56. The van der Waals surface area contributed by atoms with Crippen LogP contribution in [0.3, 0.4) is 0 Å². The molecule has 4 aliphatic rings. The summed E-state index contributed by atoms with van der Waals surface area (Å²) in [5, 5.41) is 162. The molecule has 0 spiro atoms. The second-order valence-electron chi connectivity index (χ2n) is 15.0. The average Bonchev–Trinajstić information content (AvgIpc) is 3.29. The van der Waals surface area contributed by atoms with Crippen LogP contribution in [-0.2, 0) is 23.7 Å². The van der Waals surface area contributed by atoms with Crippen LogP contribution in [0.25, 0.3) is 22.3 Å². The Bertz CT molecular complexity index is 3060. The summed E-state index contributed by atoms with van der Waals surface area (Å²) in [4.78, 5) is 71.2. The molecule has 25 heteroatoms. The minimum absolute atomic E-state index is 0.358. The summed E-state index contributed by atoms with van der Waals surface area (Å²) < 4.78 is 27.8. The Hall–Kier alpha value is -9.39. The van der Waals surface area contributed by atoms with E-state index in [1.807, 2.05) is 0 Å². The number of fused-ring (bicyclic) bond motifs is 6. The van der Waals surface area contributed by atoms with Crippen molar-refractivity contribution in [3.8, 4) is 103 Å². The number of carbonyl (C=O) groups is 5. The molecule has 0 saturated heterocycles. The van der Waals surface area contributed by atoms with Gasteiger partial charge < -0.3 is 100 Å². The maximum absolute atomic E-state index is 14.6. The summed E-state index contributed by atoms with van der Waals surface area (Å²) in [5.41, 5.74) is -10.5. The molecular formula is C42H30O25. The van der Waals surface area contributed by atoms with Crippen LogP contribution in [-0.4, -0.2) is 137 Å². The van der Waals surface area contributed by atoms with Crippen molar-refractivity contribution in [2.24, 2.45) is 0 Å². The molecule has 348 valence electrons. The SMILES string of the molecule is Cc1c(O)c2c3c(c1O)C(O)C(OC3=O)C(C1OC(=O)c3cc(O)c(O)c(O)c3-c3c(cc(O)c(O)c3O)C(=O)OCC1OC(=O)c1cc(O)c(O)c(O)c1)OC(=O)c1cc(O)c(O)c(O)c1-2. The highest BCUT2D eigenvalue weighted by molar-refractivity contribution is 6.11. The van der Waals surface area contributed by atoms with Gasteiger partial charge in [0.25, 0.3) is 0 Å². The topological polar surface area (TPSA) is 435 Å². The molecule has 5 aromatic carbocycles. The lowest BCUT2D eigenvalue weighted by atomic mass is 9.81. The van der Waals surface area contributed by atoms with E-state index >= 15 is 0 Å². The quantitative estimate of drug-likeness (QED) is 0.0698. The van der Waals surface area contributed by atoms with Crippen molar-refractivity contribution in [2.45, 2.75) is 37.4 Å². The molecule has 9 rings (SSSR count). The summed E-state index contributed by atoms with van der Waals surface area (Å²) in [6.45, 7) is -0.423. The third-order valence-corrected chi connectivity index (χ3v) is 11.1. The third-order valence-electron chi connectivity index (χ3n) is 11.1. The van der Waals surface area contributed by atoms with E-state index in [0.29, 0.717) is 30.3 Å². The van der Waals surface area contributed by atoms with Crippen LogP contribution in [0.5, 0.6) is 80.5 Å². The van der Waals surface area contributed by atoms with Gasteiger partial charge in [-0.3, -0.25) is 0 Å². The standard InChI is InChI=1S/C42H30O25/c1-8-25(48)22-21-12(6-17(47)30(53)33(21)56)41(61)67-37(36-34(57)24(26(8)49)23(22)42(62)66-36)35-18(64-38(58)9-2-13(43)27(50)14(44)3-9)7-63-39(59)10-4-15(45)28(51)31(54)19(10)20-11(40(60)65-35)5-16(46)29(52)32(20)55/h2-6,18,34-37,43-57H,7H2,1H3. The van der Waals surface area contributed by atoms with Gasteiger partial charge >= 0.3 is 29.8 Å². The van der Waals surface area contributed by atoms with Crippen molar-refractivity contribution in [2.75, 3.05) is 6.61 Å². The number of benzene rings is 5. The van der Waals surface area contributed by atoms with Crippen molar-refractivity contribution in [1.82, 2.24) is 0 Å². The van der Waals surface area contributed by atoms with Crippen LogP contribution >= 0.6 is 0 Å². The molecule has 25 nitrogen and oxygen atoms in total. The van der Waals surface area contributed by atoms with Gasteiger partial charge in [0.2, 0.25) is 17.2 Å². The number of cyclic esters (lactones) is 2. The summed E-state index contributed by atoms with van der Waals surface area (Å²) in [7, 11) is 0. The summed E-state index contributed by atoms with van der Waals surface area (Å²) in [6, 6.07) is 2.33. The molecule has 0 aromatic heterocycles. The predicted molar refractivity (Wildman–Crippen MR) is 210 cm³/mol. The van der Waals surface area contributed by atoms with Crippen LogP contribution in [0.4, 0.5) is 0 Å². The normalized spacial score (nSPS) is 19.9. The maximum Gasteiger partial charge on any atom is 0.339 e. The smallest absolute Gasteiger partial charge is 0.339 e. The van der Waals surface area contributed by atoms with Gasteiger partial charge in [-0.2, -0.15) is 0 Å². The van der Waals surface area contributed by atoms with E-state index in [9.17, 15) is 101 Å². The first-order valence-electron chi connectivity index (χ1n) is 18.8. The van der Waals surface area contributed by atoms with Crippen LogP contribution < -0.4 is 0 Å². The molecule has 0 aliphatic carbocycles. The Balaban J connectivity index is 1.42. The molecule has 0 fully saturated rings. The van der Waals surface area contributed by atoms with Crippen LogP contribution in [0.15, 0.2) is 30.3 Å². The van der Waals surface area contributed by atoms with Crippen LogP contribution in [0.2, 0.25) is 0 Å². The van der Waals surface area contributed by atoms with Crippen molar-refractivity contribution < 1.29 is 124 Å². The number of hydrogen-bond donors (Lipinski definition) is 15. The highest BCUT2D eigenvalue weighted by Crippen LogP contribution is 2.56. The van der Waals surface area contributed by atoms with Gasteiger partial charge in [0, 0.05) is 33.4 Å². The predicted octanol–water partition coefficient (Wildman–Crippen LogP) is 1.94. The minimum Gasteiger partial charge on any atom is -0.507 e. The number of ether oxygens (including phenoxy) is 5. The number of hydrogen-bond acceptors (Lipinski definition) is 25. The fourth-order valence-corrected chi connectivity index (χ4v) is 7.86. The third kappa shape index (κ3) is 6.63. The van der Waals surface area contributed by atoms with E-state index in [-0.39, 0.29) is 0 Å². The van der Waals surface area contributed by atoms with E-state index < -0.39 is 209 Å². The number of phenolic OH excluding ortho intramolecular Hbond substituents is 14. The molecule has 15 N–H and O–H groups in total. The molecule has 4 heterocycles. The zero-order valence-corrected chi connectivity index (χ0v) is 33.3. The van der Waals surface area contributed by atoms with Crippen LogP contribution in [0, 0.1) is 6.92 Å². The van der Waals surface area contributed by atoms with Gasteiger partial charge in [0.1, 0.15) is 24.2 Å².